The first-order valence-corrected chi connectivity index (χ1v) is 5.66. The number of aryl methyl sites for hydroxylation is 2. The highest BCUT2D eigenvalue weighted by molar-refractivity contribution is 5.95. The van der Waals surface area contributed by atoms with Crippen LogP contribution in [0.15, 0.2) is 10.5 Å². The Morgan fingerprint density at radius 3 is 2.47 bits per heavy atom. The normalized spacial score (nSPS) is 10.3. The van der Waals surface area contributed by atoms with Crippen LogP contribution >= 0.6 is 0 Å². The van der Waals surface area contributed by atoms with Crippen molar-refractivity contribution in [1.29, 1.82) is 0 Å². The van der Waals surface area contributed by atoms with Gasteiger partial charge in [0, 0.05) is 18.5 Å². The molecule has 1 aromatic rings. The average molecular weight is 238 g/mol. The molecule has 0 aromatic carbocycles. The van der Waals surface area contributed by atoms with E-state index in [0.29, 0.717) is 12.3 Å². The molecule has 17 heavy (non-hydrogen) atoms. The predicted octanol–water partition coefficient (Wildman–Crippen LogP) is 1.10. The maximum Gasteiger partial charge on any atom is 0.290 e. The molecule has 0 aliphatic heterocycles. The Morgan fingerprint density at radius 2 is 2.06 bits per heavy atom. The number of carbonyl (C=O) groups excluding carboxylic acids is 2. The van der Waals surface area contributed by atoms with E-state index in [9.17, 15) is 9.59 Å². The molecule has 1 rings (SSSR count). The quantitative estimate of drug-likeness (QED) is 0.834. The summed E-state index contributed by atoms with van der Waals surface area (Å²) in [5.74, 6) is 0.245. The third kappa shape index (κ3) is 3.09. The van der Waals surface area contributed by atoms with Gasteiger partial charge in [0.05, 0.1) is 6.54 Å². The number of likely N-dealkylation sites (N-methyl/N-ethyl adjacent to an activating group) is 1. The van der Waals surface area contributed by atoms with Crippen molar-refractivity contribution in [1.82, 2.24) is 4.90 Å². The van der Waals surface area contributed by atoms with E-state index in [0.717, 1.165) is 17.7 Å². The van der Waals surface area contributed by atoms with Crippen molar-refractivity contribution >= 4 is 11.8 Å². The Bertz CT molecular complexity index is 423. The van der Waals surface area contributed by atoms with E-state index in [4.69, 9.17) is 10.2 Å². The lowest BCUT2D eigenvalue weighted by molar-refractivity contribution is -0.118. The first kappa shape index (κ1) is 13.3. The van der Waals surface area contributed by atoms with E-state index in [1.165, 1.54) is 4.90 Å². The number of carbonyl (C=O) groups is 2. The van der Waals surface area contributed by atoms with Gasteiger partial charge in [-0.25, -0.2) is 0 Å². The van der Waals surface area contributed by atoms with E-state index in [-0.39, 0.29) is 12.5 Å². The lowest BCUT2D eigenvalue weighted by Crippen LogP contribution is -2.38. The fourth-order valence-electron chi connectivity index (χ4n) is 1.59. The van der Waals surface area contributed by atoms with Crippen LogP contribution in [0.5, 0.6) is 0 Å². The maximum absolute atomic E-state index is 12.1. The molecular formula is C12H18N2O3. The molecule has 5 nitrogen and oxygen atoms in total. The zero-order valence-corrected chi connectivity index (χ0v) is 10.4. The van der Waals surface area contributed by atoms with Gasteiger partial charge in [-0.1, -0.05) is 6.92 Å². The average Bonchev–Trinajstić information content (AvgIpc) is 2.66. The van der Waals surface area contributed by atoms with Gasteiger partial charge in [0.15, 0.2) is 5.76 Å². The molecule has 0 spiro atoms. The third-order valence-electron chi connectivity index (χ3n) is 2.53. The number of nitrogens with two attached hydrogens (primary N) is 1. The minimum atomic E-state index is -0.528. The smallest absolute Gasteiger partial charge is 0.290 e. The number of hydrogen-bond acceptors (Lipinski definition) is 3. The van der Waals surface area contributed by atoms with Crippen molar-refractivity contribution < 1.29 is 14.0 Å². The minimum absolute atomic E-state index is 0.0864. The largest absolute Gasteiger partial charge is 0.456 e. The van der Waals surface area contributed by atoms with Crippen molar-refractivity contribution in [2.45, 2.75) is 27.2 Å². The number of amides is 2. The Labute approximate surface area is 101 Å². The van der Waals surface area contributed by atoms with Crippen LogP contribution in [-0.4, -0.2) is 29.8 Å². The van der Waals surface area contributed by atoms with Crippen LogP contribution in [0.1, 0.15) is 35.7 Å². The van der Waals surface area contributed by atoms with E-state index in [1.54, 1.807) is 6.92 Å². The lowest BCUT2D eigenvalue weighted by atomic mass is 10.2. The van der Waals surface area contributed by atoms with Crippen molar-refractivity contribution in [2.75, 3.05) is 13.1 Å². The van der Waals surface area contributed by atoms with Crippen molar-refractivity contribution in [3.63, 3.8) is 0 Å². The second kappa shape index (κ2) is 5.52. The van der Waals surface area contributed by atoms with Gasteiger partial charge in [-0.2, -0.15) is 0 Å². The lowest BCUT2D eigenvalue weighted by Gasteiger charge is -2.17. The first-order chi connectivity index (χ1) is 7.99. The van der Waals surface area contributed by atoms with Gasteiger partial charge >= 0.3 is 0 Å². The highest BCUT2D eigenvalue weighted by Crippen LogP contribution is 2.17. The van der Waals surface area contributed by atoms with Crippen LogP contribution in [0.3, 0.4) is 0 Å². The number of furan rings is 1. The summed E-state index contributed by atoms with van der Waals surface area (Å²) in [6.45, 7) is 5.89. The van der Waals surface area contributed by atoms with Crippen LogP contribution in [0.2, 0.25) is 0 Å². The summed E-state index contributed by atoms with van der Waals surface area (Å²) in [5.41, 5.74) is 5.88. The molecule has 1 heterocycles. The van der Waals surface area contributed by atoms with Crippen molar-refractivity contribution in [3.8, 4) is 0 Å². The molecule has 0 saturated heterocycles. The third-order valence-corrected chi connectivity index (χ3v) is 2.53. The fourth-order valence-corrected chi connectivity index (χ4v) is 1.59. The molecule has 0 fully saturated rings. The van der Waals surface area contributed by atoms with Gasteiger partial charge in [-0.15, -0.1) is 0 Å². The summed E-state index contributed by atoms with van der Waals surface area (Å²) in [6, 6.07) is 1.84. The molecule has 5 heteroatoms. The molecular weight excluding hydrogens is 220 g/mol. The number of rotatable bonds is 5. The number of nitrogens with zero attached hydrogens (tertiary/aromatic N) is 1. The molecule has 0 radical (unpaired) electrons. The summed E-state index contributed by atoms with van der Waals surface area (Å²) in [4.78, 5) is 24.3. The van der Waals surface area contributed by atoms with Crippen molar-refractivity contribution in [3.05, 3.63) is 23.2 Å². The summed E-state index contributed by atoms with van der Waals surface area (Å²) >= 11 is 0. The van der Waals surface area contributed by atoms with Gasteiger partial charge in [0.2, 0.25) is 5.91 Å². The van der Waals surface area contributed by atoms with Gasteiger partial charge in [-0.3, -0.25) is 9.59 Å². The minimum Gasteiger partial charge on any atom is -0.456 e. The summed E-state index contributed by atoms with van der Waals surface area (Å²) in [6.07, 6.45) is 0.732. The van der Waals surface area contributed by atoms with Gasteiger partial charge in [0.1, 0.15) is 5.76 Å². The molecule has 0 unspecified atom stereocenters. The second-order valence-corrected chi connectivity index (χ2v) is 3.86. The Hall–Kier alpha value is -1.78. The number of hydrogen-bond donors (Lipinski definition) is 1. The molecule has 0 aliphatic carbocycles. The molecule has 94 valence electrons. The van der Waals surface area contributed by atoms with Gasteiger partial charge in [-0.05, 0) is 19.9 Å². The maximum atomic E-state index is 12.1. The summed E-state index contributed by atoms with van der Waals surface area (Å²) in [5, 5.41) is 0. The van der Waals surface area contributed by atoms with Crippen molar-refractivity contribution in [2.24, 2.45) is 5.73 Å². The second-order valence-electron chi connectivity index (χ2n) is 3.86. The Balaban J connectivity index is 2.93. The monoisotopic (exact) mass is 238 g/mol. The van der Waals surface area contributed by atoms with Crippen LogP contribution in [0.4, 0.5) is 0 Å². The fraction of sp³-hybridized carbons (Fsp3) is 0.500. The van der Waals surface area contributed by atoms with E-state index >= 15 is 0 Å². The highest BCUT2D eigenvalue weighted by atomic mass is 16.4. The highest BCUT2D eigenvalue weighted by Gasteiger charge is 2.21. The van der Waals surface area contributed by atoms with Gasteiger partial charge in [0.25, 0.3) is 5.91 Å². The van der Waals surface area contributed by atoms with E-state index < -0.39 is 5.91 Å². The molecule has 0 aliphatic rings. The van der Waals surface area contributed by atoms with E-state index in [1.807, 2.05) is 19.9 Å². The van der Waals surface area contributed by atoms with Crippen LogP contribution < -0.4 is 5.73 Å². The molecule has 1 aromatic heterocycles. The summed E-state index contributed by atoms with van der Waals surface area (Å²) in [7, 11) is 0. The standard InChI is InChI=1S/C12H18N2O3/c1-4-9-6-8(3)11(17-9)12(16)14(5-2)7-10(13)15/h6H,4-5,7H2,1-3H3,(H2,13,15). The first-order valence-electron chi connectivity index (χ1n) is 5.66. The van der Waals surface area contributed by atoms with Gasteiger partial charge < -0.3 is 15.1 Å². The van der Waals surface area contributed by atoms with E-state index in [2.05, 4.69) is 0 Å². The molecule has 0 bridgehead atoms. The van der Waals surface area contributed by atoms with Crippen LogP contribution in [0.25, 0.3) is 0 Å². The predicted molar refractivity (Wildman–Crippen MR) is 63.6 cm³/mol. The van der Waals surface area contributed by atoms with Crippen LogP contribution in [-0.2, 0) is 11.2 Å². The Kier molecular flexibility index (Phi) is 4.31. The Morgan fingerprint density at radius 1 is 1.41 bits per heavy atom. The van der Waals surface area contributed by atoms with Crippen LogP contribution in [0, 0.1) is 6.92 Å². The number of primary amides is 1. The molecule has 0 saturated carbocycles. The molecule has 2 N–H and O–H groups in total. The zero-order valence-electron chi connectivity index (χ0n) is 10.4. The molecule has 0 atom stereocenters. The summed E-state index contributed by atoms with van der Waals surface area (Å²) < 4.78 is 5.45. The SMILES string of the molecule is CCc1cc(C)c(C(=O)N(CC)CC(N)=O)o1. The zero-order chi connectivity index (χ0) is 13.0. The molecule has 2 amide bonds. The topological polar surface area (TPSA) is 76.5 Å².